The first kappa shape index (κ1) is 41.9. The standard InChI is InChI=1S/C41H51F3N8O5S/c1-24-21-49(22-25(2)50(24)23-35(54)47-28-7-5-6-27(18-28)46-33-14-15-34(53)48-36(33)55)16-17-57-31-12-10-29(11-13-31)52-38-37(58-38)51(39(56)40(52,3)4)30-9-8-26(20-45)32(19-30)41(42,43)44/h5-9,18-19,24-25,29,31,33,37-38,46H,10-17,21-23H2,1-4H3,(H,47,54)(H,48,53,55)/t24-,25+,29?,31?,33-,37?,38?/m1/s1. The summed E-state index contributed by atoms with van der Waals surface area (Å²) in [6.07, 6.45) is -0.491. The minimum atomic E-state index is -4.71. The maximum absolute atomic E-state index is 13.9. The van der Waals surface area contributed by atoms with E-state index in [1.807, 2.05) is 19.9 Å². The van der Waals surface area contributed by atoms with Gasteiger partial charge in [0.25, 0.3) is 0 Å². The van der Waals surface area contributed by atoms with Gasteiger partial charge in [0.05, 0.1) is 47.4 Å². The molecule has 17 heteroatoms. The third kappa shape index (κ3) is 9.01. The zero-order valence-electron chi connectivity index (χ0n) is 33.2. The van der Waals surface area contributed by atoms with Crippen molar-refractivity contribution in [2.24, 2.45) is 0 Å². The molecule has 0 bridgehead atoms. The van der Waals surface area contributed by atoms with Crippen molar-refractivity contribution < 1.29 is 37.1 Å². The van der Waals surface area contributed by atoms with Gasteiger partial charge in [0, 0.05) is 61.2 Å². The molecule has 2 aromatic carbocycles. The zero-order chi connectivity index (χ0) is 41.5. The first-order chi connectivity index (χ1) is 27.5. The van der Waals surface area contributed by atoms with E-state index in [1.54, 1.807) is 36.0 Å². The minimum absolute atomic E-state index is 0.0192. The van der Waals surface area contributed by atoms with Crippen molar-refractivity contribution in [1.29, 1.82) is 5.26 Å². The quantitative estimate of drug-likeness (QED) is 0.208. The topological polar surface area (TPSA) is 150 Å². The number of nitrogens with one attached hydrogen (secondary N) is 3. The van der Waals surface area contributed by atoms with Gasteiger partial charge in [-0.05, 0) is 96.2 Å². The summed E-state index contributed by atoms with van der Waals surface area (Å²) >= 11 is 1.57. The zero-order valence-corrected chi connectivity index (χ0v) is 34.0. The van der Waals surface area contributed by atoms with Crippen LogP contribution >= 0.6 is 11.8 Å². The highest BCUT2D eigenvalue weighted by atomic mass is 32.2. The van der Waals surface area contributed by atoms with Crippen LogP contribution in [0.2, 0.25) is 0 Å². The number of nitrogens with zero attached hydrogens (tertiary/aromatic N) is 5. The van der Waals surface area contributed by atoms with Gasteiger partial charge in [-0.15, -0.1) is 11.8 Å². The molecule has 0 radical (unpaired) electrons. The van der Waals surface area contributed by atoms with Crippen molar-refractivity contribution in [3.8, 4) is 6.07 Å². The summed E-state index contributed by atoms with van der Waals surface area (Å²) in [7, 11) is 0. The van der Waals surface area contributed by atoms with Crippen LogP contribution in [0.4, 0.5) is 30.2 Å². The SMILES string of the molecule is C[C@@H]1CN(CCOC2CCC(N3C4SC4N(c4ccc(C#N)c(C(F)(F)F)c4)C(=O)C3(C)C)CC2)C[C@H](C)N1CC(=O)Nc1cccc(N[C@@H]2CCC(=O)NC2=O)c1. The van der Waals surface area contributed by atoms with E-state index in [2.05, 4.69) is 44.5 Å². The maximum Gasteiger partial charge on any atom is 0.417 e. The van der Waals surface area contributed by atoms with Gasteiger partial charge in [0.15, 0.2) is 0 Å². The molecule has 312 valence electrons. The highest BCUT2D eigenvalue weighted by Crippen LogP contribution is 2.56. The molecule has 4 saturated heterocycles. The number of benzene rings is 2. The number of imide groups is 1. The van der Waals surface area contributed by atoms with Crippen molar-refractivity contribution in [2.75, 3.05) is 48.3 Å². The van der Waals surface area contributed by atoms with E-state index < -0.39 is 28.9 Å². The van der Waals surface area contributed by atoms with Gasteiger partial charge in [-0.25, -0.2) is 0 Å². The van der Waals surface area contributed by atoms with Gasteiger partial charge >= 0.3 is 6.18 Å². The van der Waals surface area contributed by atoms with Crippen molar-refractivity contribution in [2.45, 2.75) is 119 Å². The number of piperazine rings is 2. The van der Waals surface area contributed by atoms with Gasteiger partial charge < -0.3 is 15.4 Å². The lowest BCUT2D eigenvalue weighted by Crippen LogP contribution is -2.66. The van der Waals surface area contributed by atoms with Crippen LogP contribution in [0.5, 0.6) is 0 Å². The number of carbonyl (C=O) groups excluding carboxylic acids is 4. The first-order valence-electron chi connectivity index (χ1n) is 20.0. The Kier molecular flexibility index (Phi) is 12.1. The number of alkyl halides is 3. The molecule has 0 aromatic heterocycles. The van der Waals surface area contributed by atoms with E-state index in [4.69, 9.17) is 4.74 Å². The fourth-order valence-corrected chi connectivity index (χ4v) is 10.5. The molecule has 5 fully saturated rings. The van der Waals surface area contributed by atoms with E-state index in [-0.39, 0.29) is 77.3 Å². The number of amides is 4. The van der Waals surface area contributed by atoms with Crippen molar-refractivity contribution >= 4 is 52.5 Å². The molecule has 13 nitrogen and oxygen atoms in total. The van der Waals surface area contributed by atoms with Crippen molar-refractivity contribution in [3.05, 3.63) is 53.6 Å². The maximum atomic E-state index is 13.9. The number of piperidine rings is 1. The Hall–Kier alpha value is -4.21. The largest absolute Gasteiger partial charge is 0.417 e. The molecule has 7 rings (SSSR count). The van der Waals surface area contributed by atoms with Gasteiger partial charge in [-0.1, -0.05) is 6.07 Å². The Morgan fingerprint density at radius 1 is 1.00 bits per heavy atom. The molecule has 4 amide bonds. The second kappa shape index (κ2) is 16.8. The Morgan fingerprint density at radius 2 is 1.71 bits per heavy atom. The van der Waals surface area contributed by atoms with Crippen molar-refractivity contribution in [3.63, 3.8) is 0 Å². The summed E-state index contributed by atoms with van der Waals surface area (Å²) in [6.45, 7) is 11.2. The van der Waals surface area contributed by atoms with Gasteiger partial charge in [0.1, 0.15) is 11.4 Å². The van der Waals surface area contributed by atoms with Crippen LogP contribution in [0.1, 0.15) is 77.3 Å². The van der Waals surface area contributed by atoms with E-state index >= 15 is 0 Å². The Balaban J connectivity index is 0.842. The number of hydrogen-bond acceptors (Lipinski definition) is 11. The monoisotopic (exact) mass is 824 g/mol. The van der Waals surface area contributed by atoms with E-state index in [0.29, 0.717) is 24.4 Å². The summed E-state index contributed by atoms with van der Waals surface area (Å²) < 4.78 is 47.6. The second-order valence-electron chi connectivity index (χ2n) is 16.6. The van der Waals surface area contributed by atoms with Crippen LogP contribution in [-0.2, 0) is 30.1 Å². The molecule has 4 heterocycles. The normalized spacial score (nSPS) is 29.3. The second-order valence-corrected chi connectivity index (χ2v) is 17.8. The summed E-state index contributed by atoms with van der Waals surface area (Å²) in [5.41, 5.74) is -0.954. The number of carbonyl (C=O) groups is 4. The van der Waals surface area contributed by atoms with Crippen LogP contribution in [0.25, 0.3) is 0 Å². The first-order valence-corrected chi connectivity index (χ1v) is 21.0. The average molecular weight is 825 g/mol. The Bertz CT molecular complexity index is 1940. The summed E-state index contributed by atoms with van der Waals surface area (Å²) in [5.74, 6) is -0.998. The molecule has 4 aliphatic heterocycles. The number of anilines is 3. The molecule has 0 spiro atoms. The molecule has 2 unspecified atom stereocenters. The fraction of sp³-hybridized carbons (Fsp3) is 0.585. The number of fused-ring (bicyclic) bond motifs is 1. The number of halogens is 3. The van der Waals surface area contributed by atoms with Crippen LogP contribution in [-0.4, -0.2) is 118 Å². The predicted octanol–water partition coefficient (Wildman–Crippen LogP) is 4.98. The van der Waals surface area contributed by atoms with Crippen LogP contribution < -0.4 is 20.9 Å². The van der Waals surface area contributed by atoms with Gasteiger partial charge in [0.2, 0.25) is 23.6 Å². The predicted molar refractivity (Wildman–Crippen MR) is 214 cm³/mol. The van der Waals surface area contributed by atoms with Gasteiger partial charge in [-0.3, -0.25) is 44.1 Å². The summed E-state index contributed by atoms with van der Waals surface area (Å²) in [5, 5.41) is 17.4. The Labute approximate surface area is 341 Å². The van der Waals surface area contributed by atoms with Gasteiger partial charge in [-0.2, -0.15) is 18.4 Å². The van der Waals surface area contributed by atoms with E-state index in [9.17, 15) is 37.6 Å². The molecule has 3 N–H and O–H groups in total. The smallest absolute Gasteiger partial charge is 0.377 e. The molecule has 5 atom stereocenters. The minimum Gasteiger partial charge on any atom is -0.377 e. The highest BCUT2D eigenvalue weighted by molar-refractivity contribution is 8.07. The number of nitriles is 1. The molecular weight excluding hydrogens is 774 g/mol. The van der Waals surface area contributed by atoms with Crippen LogP contribution in [0.15, 0.2) is 42.5 Å². The van der Waals surface area contributed by atoms with Crippen molar-refractivity contribution in [1.82, 2.24) is 20.0 Å². The Morgan fingerprint density at radius 3 is 2.38 bits per heavy atom. The summed E-state index contributed by atoms with van der Waals surface area (Å²) in [4.78, 5) is 59.1. The number of hydrogen-bond donors (Lipinski definition) is 3. The molecule has 1 aliphatic carbocycles. The molecule has 58 heavy (non-hydrogen) atoms. The summed E-state index contributed by atoms with van der Waals surface area (Å²) in [6, 6.07) is 12.3. The lowest BCUT2D eigenvalue weighted by atomic mass is 9.86. The third-order valence-electron chi connectivity index (χ3n) is 12.1. The molecule has 2 aromatic rings. The lowest BCUT2D eigenvalue weighted by molar-refractivity contribution is -0.138. The van der Waals surface area contributed by atoms with E-state index in [0.717, 1.165) is 57.5 Å². The average Bonchev–Trinajstić information content (AvgIpc) is 3.94. The number of ether oxygens (including phenoxy) is 1. The third-order valence-corrected chi connectivity index (χ3v) is 13.3. The van der Waals surface area contributed by atoms with Crippen LogP contribution in [0, 0.1) is 11.3 Å². The fourth-order valence-electron chi connectivity index (χ4n) is 9.15. The molecular formula is C41H51F3N8O5S. The van der Waals surface area contributed by atoms with E-state index in [1.165, 1.54) is 11.0 Å². The van der Waals surface area contributed by atoms with Crippen LogP contribution in [0.3, 0.4) is 0 Å². The number of thioether (sulfide) groups is 1. The highest BCUT2D eigenvalue weighted by Gasteiger charge is 2.63. The molecule has 5 aliphatic rings. The number of rotatable bonds is 11. The lowest BCUT2D eigenvalue weighted by Gasteiger charge is -2.49. The molecule has 1 saturated carbocycles.